The molecule has 36 heavy (non-hydrogen) atoms. The summed E-state index contributed by atoms with van der Waals surface area (Å²) in [6.07, 6.45) is 8.93. The molecule has 11 heteroatoms. The number of anilines is 1. The third kappa shape index (κ3) is 5.78. The zero-order valence-electron chi connectivity index (χ0n) is 20.8. The SMILES string of the molecule is COCCN=C1SC(C(=O)Nc2sc3c(c2C(=O)OC)CCCC3)C(N)=C1C(=O)NC1CCCCC1. The quantitative estimate of drug-likeness (QED) is 0.345. The Kier molecular flexibility index (Phi) is 9.08. The van der Waals surface area contributed by atoms with Crippen LogP contribution in [0.4, 0.5) is 5.00 Å². The van der Waals surface area contributed by atoms with E-state index in [4.69, 9.17) is 15.2 Å². The predicted octanol–water partition coefficient (Wildman–Crippen LogP) is 3.17. The van der Waals surface area contributed by atoms with E-state index in [2.05, 4.69) is 15.6 Å². The van der Waals surface area contributed by atoms with E-state index in [1.807, 2.05) is 0 Å². The molecule has 0 radical (unpaired) electrons. The first-order valence-corrected chi connectivity index (χ1v) is 14.2. The fourth-order valence-electron chi connectivity index (χ4n) is 4.92. The van der Waals surface area contributed by atoms with Crippen molar-refractivity contribution < 1.29 is 23.9 Å². The van der Waals surface area contributed by atoms with Gasteiger partial charge in [0.15, 0.2) is 0 Å². The second-order valence-electron chi connectivity index (χ2n) is 9.21. The van der Waals surface area contributed by atoms with Gasteiger partial charge in [-0.15, -0.1) is 11.3 Å². The second kappa shape index (κ2) is 12.2. The fourth-order valence-corrected chi connectivity index (χ4v) is 7.33. The minimum Gasteiger partial charge on any atom is -0.465 e. The molecule has 196 valence electrons. The number of nitrogens with two attached hydrogens (primary N) is 1. The summed E-state index contributed by atoms with van der Waals surface area (Å²) < 4.78 is 10.1. The lowest BCUT2D eigenvalue weighted by atomic mass is 9.95. The predicted molar refractivity (Wildman–Crippen MR) is 143 cm³/mol. The highest BCUT2D eigenvalue weighted by molar-refractivity contribution is 8.16. The highest BCUT2D eigenvalue weighted by atomic mass is 32.2. The molecule has 4 N–H and O–H groups in total. The van der Waals surface area contributed by atoms with Crippen molar-refractivity contribution in [1.29, 1.82) is 0 Å². The average Bonchev–Trinajstić information content (AvgIpc) is 3.41. The van der Waals surface area contributed by atoms with Gasteiger partial charge in [0.2, 0.25) is 5.91 Å². The Balaban J connectivity index is 1.58. The van der Waals surface area contributed by atoms with E-state index in [9.17, 15) is 14.4 Å². The summed E-state index contributed by atoms with van der Waals surface area (Å²) in [6, 6.07) is 0.102. The number of carbonyl (C=O) groups is 3. The van der Waals surface area contributed by atoms with Crippen LogP contribution in [0.25, 0.3) is 0 Å². The van der Waals surface area contributed by atoms with E-state index in [-0.39, 0.29) is 29.1 Å². The van der Waals surface area contributed by atoms with E-state index >= 15 is 0 Å². The van der Waals surface area contributed by atoms with E-state index in [1.165, 1.54) is 24.9 Å². The Morgan fingerprint density at radius 1 is 1.08 bits per heavy atom. The number of hydrogen-bond donors (Lipinski definition) is 3. The summed E-state index contributed by atoms with van der Waals surface area (Å²) in [7, 11) is 2.92. The molecular weight excluding hydrogens is 500 g/mol. The first-order valence-electron chi connectivity index (χ1n) is 12.5. The summed E-state index contributed by atoms with van der Waals surface area (Å²) in [5.74, 6) is -1.14. The Hall–Kier alpha value is -2.37. The Morgan fingerprint density at radius 2 is 1.83 bits per heavy atom. The molecule has 2 aliphatic carbocycles. The normalized spacial score (nSPS) is 21.4. The van der Waals surface area contributed by atoms with Gasteiger partial charge in [-0.3, -0.25) is 14.6 Å². The number of esters is 1. The average molecular weight is 535 g/mol. The van der Waals surface area contributed by atoms with Gasteiger partial charge in [0.05, 0.1) is 31.4 Å². The molecule has 1 fully saturated rings. The van der Waals surface area contributed by atoms with Crippen molar-refractivity contribution in [3.63, 3.8) is 0 Å². The number of aliphatic imine (C=N–C) groups is 1. The van der Waals surface area contributed by atoms with Gasteiger partial charge in [0.1, 0.15) is 15.3 Å². The molecule has 1 unspecified atom stereocenters. The van der Waals surface area contributed by atoms with Gasteiger partial charge in [-0.1, -0.05) is 31.0 Å². The summed E-state index contributed by atoms with van der Waals surface area (Å²) in [5, 5.41) is 6.10. The molecule has 2 heterocycles. The zero-order valence-corrected chi connectivity index (χ0v) is 22.4. The maximum absolute atomic E-state index is 13.4. The topological polar surface area (TPSA) is 132 Å². The number of methoxy groups -OCH3 is 2. The van der Waals surface area contributed by atoms with E-state index < -0.39 is 11.2 Å². The number of aryl methyl sites for hydroxylation is 1. The molecular formula is C25H34N4O5S2. The van der Waals surface area contributed by atoms with Crippen molar-refractivity contribution in [2.45, 2.75) is 69.1 Å². The van der Waals surface area contributed by atoms with Crippen LogP contribution in [0.15, 0.2) is 16.3 Å². The molecule has 1 saturated carbocycles. The monoisotopic (exact) mass is 534 g/mol. The van der Waals surface area contributed by atoms with Gasteiger partial charge in [-0.25, -0.2) is 4.79 Å². The Labute approximate surface area is 219 Å². The lowest BCUT2D eigenvalue weighted by Gasteiger charge is -2.23. The number of rotatable bonds is 8. The molecule has 1 atom stereocenters. The Bertz CT molecular complexity index is 1070. The number of hydrogen-bond acceptors (Lipinski definition) is 9. The van der Waals surface area contributed by atoms with Crippen LogP contribution >= 0.6 is 23.1 Å². The van der Waals surface area contributed by atoms with Crippen LogP contribution in [0, 0.1) is 0 Å². The number of nitrogens with one attached hydrogen (secondary N) is 2. The highest BCUT2D eigenvalue weighted by Gasteiger charge is 2.39. The smallest absolute Gasteiger partial charge is 0.341 e. The van der Waals surface area contributed by atoms with Crippen LogP contribution < -0.4 is 16.4 Å². The van der Waals surface area contributed by atoms with Crippen molar-refractivity contribution in [2.75, 3.05) is 32.7 Å². The minimum atomic E-state index is -0.831. The van der Waals surface area contributed by atoms with Crippen LogP contribution in [0.3, 0.4) is 0 Å². The number of carbonyl (C=O) groups excluding carboxylic acids is 3. The first kappa shape index (κ1) is 26.7. The number of ether oxygens (including phenoxy) is 2. The van der Waals surface area contributed by atoms with Gasteiger partial charge in [-0.05, 0) is 44.1 Å². The van der Waals surface area contributed by atoms with Crippen LogP contribution in [0.1, 0.15) is 65.7 Å². The summed E-state index contributed by atoms with van der Waals surface area (Å²) in [6.45, 7) is 0.742. The summed E-state index contributed by atoms with van der Waals surface area (Å²) in [5.41, 5.74) is 8.28. The maximum atomic E-state index is 13.4. The highest BCUT2D eigenvalue weighted by Crippen LogP contribution is 2.40. The molecule has 3 aliphatic rings. The van der Waals surface area contributed by atoms with Crippen molar-refractivity contribution in [2.24, 2.45) is 10.7 Å². The molecule has 0 saturated heterocycles. The molecule has 2 amide bonds. The van der Waals surface area contributed by atoms with Gasteiger partial charge in [0, 0.05) is 23.7 Å². The minimum absolute atomic E-state index is 0.102. The molecule has 9 nitrogen and oxygen atoms in total. The van der Waals surface area contributed by atoms with Crippen LogP contribution in [0.2, 0.25) is 0 Å². The number of fused-ring (bicyclic) bond motifs is 1. The van der Waals surface area contributed by atoms with E-state index in [1.54, 1.807) is 7.11 Å². The first-order chi connectivity index (χ1) is 17.4. The summed E-state index contributed by atoms with van der Waals surface area (Å²) >= 11 is 2.58. The van der Waals surface area contributed by atoms with Crippen LogP contribution in [-0.2, 0) is 31.9 Å². The van der Waals surface area contributed by atoms with Crippen molar-refractivity contribution in [3.8, 4) is 0 Å². The molecule has 4 rings (SSSR count). The van der Waals surface area contributed by atoms with Crippen LogP contribution in [0.5, 0.6) is 0 Å². The van der Waals surface area contributed by atoms with Crippen molar-refractivity contribution >= 4 is 50.9 Å². The maximum Gasteiger partial charge on any atom is 0.341 e. The molecule has 1 aromatic heterocycles. The lowest BCUT2D eigenvalue weighted by molar-refractivity contribution is -0.117. The molecule has 0 bridgehead atoms. The number of thiophene rings is 1. The van der Waals surface area contributed by atoms with Crippen LogP contribution in [-0.4, -0.2) is 61.5 Å². The number of thioether (sulfide) groups is 1. The van der Waals surface area contributed by atoms with Gasteiger partial charge in [0.25, 0.3) is 5.91 Å². The lowest BCUT2D eigenvalue weighted by Crippen LogP contribution is -2.39. The fraction of sp³-hybridized carbons (Fsp3) is 0.600. The molecule has 0 aromatic carbocycles. The Morgan fingerprint density at radius 3 is 2.56 bits per heavy atom. The third-order valence-electron chi connectivity index (χ3n) is 6.77. The largest absolute Gasteiger partial charge is 0.465 e. The molecule has 1 aromatic rings. The van der Waals surface area contributed by atoms with Gasteiger partial charge >= 0.3 is 5.97 Å². The third-order valence-corrected chi connectivity index (χ3v) is 9.24. The zero-order chi connectivity index (χ0) is 25.7. The van der Waals surface area contributed by atoms with E-state index in [0.717, 1.165) is 73.6 Å². The summed E-state index contributed by atoms with van der Waals surface area (Å²) in [4.78, 5) is 44.9. The molecule has 0 spiro atoms. The number of nitrogens with zero attached hydrogens (tertiary/aromatic N) is 1. The number of amides is 2. The van der Waals surface area contributed by atoms with Gasteiger partial charge < -0.3 is 25.8 Å². The van der Waals surface area contributed by atoms with Crippen molar-refractivity contribution in [1.82, 2.24) is 5.32 Å². The standard InChI is InChI=1S/C25H34N4O5S2/c1-33-13-12-27-23-18(21(30)28-14-8-4-3-5-9-14)19(26)20(36-23)22(31)29-24-17(25(32)34-2)15-10-6-7-11-16(15)35-24/h14,20H,3-13,26H2,1-2H3,(H,28,30)(H,29,31). The van der Waals surface area contributed by atoms with Crippen molar-refractivity contribution in [3.05, 3.63) is 27.3 Å². The molecule has 1 aliphatic heterocycles. The second-order valence-corrected chi connectivity index (χ2v) is 11.4. The van der Waals surface area contributed by atoms with E-state index in [0.29, 0.717) is 28.8 Å². The van der Waals surface area contributed by atoms with Gasteiger partial charge in [-0.2, -0.15) is 0 Å².